The van der Waals surface area contributed by atoms with Gasteiger partial charge in [-0.3, -0.25) is 14.7 Å². The van der Waals surface area contributed by atoms with Crippen molar-refractivity contribution in [1.82, 2.24) is 14.7 Å². The van der Waals surface area contributed by atoms with E-state index < -0.39 is 23.7 Å². The number of carbonyl (C=O) groups excluding carboxylic acids is 1. The van der Waals surface area contributed by atoms with Crippen molar-refractivity contribution in [2.24, 2.45) is 26.8 Å². The van der Waals surface area contributed by atoms with Crippen LogP contribution in [-0.4, -0.2) is 95.1 Å². The monoisotopic (exact) mass is 586 g/mol. The van der Waals surface area contributed by atoms with Crippen LogP contribution in [0.2, 0.25) is 0 Å². The van der Waals surface area contributed by atoms with Crippen LogP contribution in [0.5, 0.6) is 0 Å². The van der Waals surface area contributed by atoms with Crippen LogP contribution in [0.15, 0.2) is 51.4 Å². The first-order valence-corrected chi connectivity index (χ1v) is 15.9. The number of ether oxygens (including phenoxy) is 1. The average Bonchev–Trinajstić information content (AvgIpc) is 3.29. The van der Waals surface area contributed by atoms with Gasteiger partial charge in [-0.2, -0.15) is 4.99 Å². The lowest BCUT2D eigenvalue weighted by atomic mass is 9.87. The zero-order valence-electron chi connectivity index (χ0n) is 24.2. The highest BCUT2D eigenvalue weighted by atomic mass is 19.1. The third kappa shape index (κ3) is 3.80. The Morgan fingerprint density at radius 3 is 2.81 bits per heavy atom. The first-order valence-electron chi connectivity index (χ1n) is 15.9. The first-order chi connectivity index (χ1) is 20.9. The summed E-state index contributed by atoms with van der Waals surface area (Å²) in [5.41, 5.74) is 3.86. The molecular formula is C33H36F2N6O2. The lowest BCUT2D eigenvalue weighted by molar-refractivity contribution is -0.131. The fraction of sp³-hybridized carbons (Fsp3) is 0.576. The Morgan fingerprint density at radius 1 is 1.16 bits per heavy atom. The zero-order chi connectivity index (χ0) is 29.0. The molecule has 8 nitrogen and oxygen atoms in total. The van der Waals surface area contributed by atoms with E-state index >= 15 is 4.39 Å². The highest BCUT2D eigenvalue weighted by Gasteiger charge is 2.54. The zero-order valence-corrected chi connectivity index (χ0v) is 24.2. The predicted molar refractivity (Wildman–Crippen MR) is 159 cm³/mol. The van der Waals surface area contributed by atoms with Crippen LogP contribution in [0.4, 0.5) is 8.78 Å². The van der Waals surface area contributed by atoms with E-state index in [0.29, 0.717) is 49.5 Å². The Bertz CT molecular complexity index is 1560. The van der Waals surface area contributed by atoms with Crippen molar-refractivity contribution in [1.29, 1.82) is 0 Å². The largest absolute Gasteiger partial charge is 0.462 e. The number of carbonyl (C=O) groups is 1. The highest BCUT2D eigenvalue weighted by Crippen LogP contribution is 2.58. The molecule has 1 aromatic carbocycles. The molecule has 6 atom stereocenters. The molecule has 0 aromatic heterocycles. The van der Waals surface area contributed by atoms with Crippen LogP contribution in [0.1, 0.15) is 61.1 Å². The fourth-order valence-electron chi connectivity index (χ4n) is 9.28. The number of hydrogen-bond acceptors (Lipinski definition) is 7. The summed E-state index contributed by atoms with van der Waals surface area (Å²) in [5, 5.41) is 0. The summed E-state index contributed by atoms with van der Waals surface area (Å²) in [6.45, 7) is 6.84. The normalized spacial score (nSPS) is 34.6. The second kappa shape index (κ2) is 9.30. The summed E-state index contributed by atoms with van der Waals surface area (Å²) in [4.78, 5) is 33.1. The average molecular weight is 587 g/mol. The Kier molecular flexibility index (Phi) is 5.63. The molecule has 10 heteroatoms. The number of amides is 1. The molecule has 1 saturated carbocycles. The van der Waals surface area contributed by atoms with E-state index in [1.165, 1.54) is 17.5 Å². The molecule has 0 spiro atoms. The number of amidine groups is 2. The minimum atomic E-state index is -0.937. The number of fused-ring (bicyclic) bond motifs is 6. The van der Waals surface area contributed by atoms with E-state index in [1.807, 2.05) is 18.3 Å². The van der Waals surface area contributed by atoms with Gasteiger partial charge in [0.05, 0.1) is 23.5 Å². The minimum absolute atomic E-state index is 0.0109. The van der Waals surface area contributed by atoms with Crippen LogP contribution in [0.3, 0.4) is 0 Å². The quantitative estimate of drug-likeness (QED) is 0.495. The molecule has 8 aliphatic rings. The molecule has 9 rings (SSSR count). The summed E-state index contributed by atoms with van der Waals surface area (Å²) in [6, 6.07) is 5.45. The molecule has 224 valence electrons. The molecule has 4 saturated heterocycles. The van der Waals surface area contributed by atoms with Gasteiger partial charge in [0.1, 0.15) is 24.2 Å². The molecule has 0 bridgehead atoms. The molecule has 6 heterocycles. The van der Waals surface area contributed by atoms with Gasteiger partial charge in [-0.25, -0.2) is 13.8 Å². The van der Waals surface area contributed by atoms with Gasteiger partial charge in [-0.05, 0) is 81.0 Å². The lowest BCUT2D eigenvalue weighted by Gasteiger charge is -2.50. The van der Waals surface area contributed by atoms with E-state index in [9.17, 15) is 9.18 Å². The Hall–Kier alpha value is -3.40. The molecule has 1 amide bonds. The van der Waals surface area contributed by atoms with E-state index in [0.717, 1.165) is 50.8 Å². The number of halogens is 2. The first kappa shape index (κ1) is 26.0. The minimum Gasteiger partial charge on any atom is -0.462 e. The maximum Gasteiger partial charge on any atom is 0.314 e. The van der Waals surface area contributed by atoms with Crippen molar-refractivity contribution in [2.45, 2.75) is 74.5 Å². The van der Waals surface area contributed by atoms with Crippen molar-refractivity contribution in [3.8, 4) is 0 Å². The molecule has 2 aliphatic carbocycles. The van der Waals surface area contributed by atoms with Crippen molar-refractivity contribution in [3.63, 3.8) is 0 Å². The van der Waals surface area contributed by atoms with Gasteiger partial charge in [0.25, 0.3) is 5.91 Å². The maximum absolute atomic E-state index is 16.7. The molecule has 43 heavy (non-hydrogen) atoms. The number of benzene rings is 1. The number of hydrogen-bond donors (Lipinski definition) is 0. The molecule has 4 unspecified atom stereocenters. The third-order valence-electron chi connectivity index (χ3n) is 11.5. The van der Waals surface area contributed by atoms with Crippen LogP contribution in [0.25, 0.3) is 5.70 Å². The number of nitrogens with zero attached hydrogens (tertiary/aromatic N) is 6. The van der Waals surface area contributed by atoms with Crippen molar-refractivity contribution < 1.29 is 18.3 Å². The fourth-order valence-corrected chi connectivity index (χ4v) is 9.28. The van der Waals surface area contributed by atoms with Crippen molar-refractivity contribution >= 4 is 29.7 Å². The van der Waals surface area contributed by atoms with Crippen LogP contribution >= 0.6 is 0 Å². The highest BCUT2D eigenvalue weighted by molar-refractivity contribution is 6.08. The molecule has 0 radical (unpaired) electrons. The number of aliphatic imine (C=N–C) groups is 3. The number of likely N-dealkylation sites (tertiary alicyclic amines) is 2. The Labute approximate surface area is 249 Å². The molecule has 1 aromatic rings. The second-order valence-electron chi connectivity index (χ2n) is 13.7. The van der Waals surface area contributed by atoms with Gasteiger partial charge in [0.15, 0.2) is 11.7 Å². The van der Waals surface area contributed by atoms with E-state index in [1.54, 1.807) is 4.90 Å². The van der Waals surface area contributed by atoms with E-state index in [4.69, 9.17) is 19.7 Å². The van der Waals surface area contributed by atoms with E-state index in [-0.39, 0.29) is 29.5 Å². The van der Waals surface area contributed by atoms with Crippen LogP contribution < -0.4 is 0 Å². The summed E-state index contributed by atoms with van der Waals surface area (Å²) in [6.07, 6.45) is 9.24. The van der Waals surface area contributed by atoms with Gasteiger partial charge in [0.2, 0.25) is 0 Å². The molecule has 6 aliphatic heterocycles. The van der Waals surface area contributed by atoms with Gasteiger partial charge in [0, 0.05) is 24.9 Å². The van der Waals surface area contributed by atoms with Gasteiger partial charge in [-0.15, -0.1) is 0 Å². The van der Waals surface area contributed by atoms with Crippen molar-refractivity contribution in [2.75, 3.05) is 32.8 Å². The Morgan fingerprint density at radius 2 is 2.00 bits per heavy atom. The van der Waals surface area contributed by atoms with Crippen LogP contribution in [-0.2, 0) is 16.0 Å². The predicted octanol–water partition coefficient (Wildman–Crippen LogP) is 4.23. The summed E-state index contributed by atoms with van der Waals surface area (Å²) >= 11 is 0. The topological polar surface area (TPSA) is 73.1 Å². The number of rotatable bonds is 4. The lowest BCUT2D eigenvalue weighted by Crippen LogP contribution is -2.66. The molecule has 5 fully saturated rings. The standard InChI is InChI=1S/C33H36F2N6O2/c1-18(34)31(42)40-12-7-24-25(40)16-41(24)30-23-15-36-28(21-6-2-5-19-13-20-14-22(20)26(19)21)27(35)29(23)37-32(38-30)43-17-33-8-3-10-39(33)11-4-9-33/h2,5-6,15,20,22-25,29H,1,3-4,7-14,16-17H2/t20?,22?,23?,24-,25-,29?/m1/s1. The molecule has 0 N–H and O–H groups in total. The summed E-state index contributed by atoms with van der Waals surface area (Å²) in [7, 11) is 0. The van der Waals surface area contributed by atoms with Crippen LogP contribution in [0, 0.1) is 11.8 Å². The maximum atomic E-state index is 16.7. The Balaban J connectivity index is 1.05. The van der Waals surface area contributed by atoms with Gasteiger partial charge in [-0.1, -0.05) is 24.8 Å². The second-order valence-corrected chi connectivity index (χ2v) is 13.7. The summed E-state index contributed by atoms with van der Waals surface area (Å²) < 4.78 is 36.8. The summed E-state index contributed by atoms with van der Waals surface area (Å²) in [5.74, 6) is -0.529. The van der Waals surface area contributed by atoms with Gasteiger partial charge >= 0.3 is 6.02 Å². The smallest absolute Gasteiger partial charge is 0.314 e. The van der Waals surface area contributed by atoms with E-state index in [2.05, 4.69) is 22.4 Å². The van der Waals surface area contributed by atoms with Gasteiger partial charge < -0.3 is 14.5 Å². The SMILES string of the molecule is C=C(F)C(=O)N1CC[C@@H]2[C@H]1CN2C1=NC(OCC23CCCN2CCC3)=NC2C(F)=C(c3cccc4c3C3CC3C4)N=CC12. The third-order valence-corrected chi connectivity index (χ3v) is 11.5. The van der Waals surface area contributed by atoms with Crippen molar-refractivity contribution in [3.05, 3.63) is 53.1 Å². The molecular weight excluding hydrogens is 550 g/mol.